The van der Waals surface area contributed by atoms with Gasteiger partial charge in [0.1, 0.15) is 5.75 Å². The molecule has 0 fully saturated rings. The van der Waals surface area contributed by atoms with Crippen LogP contribution in [0.2, 0.25) is 0 Å². The van der Waals surface area contributed by atoms with E-state index in [2.05, 4.69) is 4.98 Å². The Hall–Kier alpha value is -1.33. The monoisotopic (exact) mass is 210 g/mol. The van der Waals surface area contributed by atoms with Crippen molar-refractivity contribution in [1.29, 1.82) is 0 Å². The molecule has 0 saturated carbocycles. The van der Waals surface area contributed by atoms with Gasteiger partial charge in [-0.05, 0) is 35.3 Å². The number of ether oxygens (including phenoxy) is 1. The van der Waals surface area contributed by atoms with Crippen LogP contribution in [-0.4, -0.2) is 20.9 Å². The van der Waals surface area contributed by atoms with E-state index in [-0.39, 0.29) is 5.03 Å². The van der Waals surface area contributed by atoms with Crippen molar-refractivity contribution in [2.75, 3.05) is 7.11 Å². The van der Waals surface area contributed by atoms with Crippen molar-refractivity contribution in [1.82, 2.24) is 4.98 Å². The Morgan fingerprint density at radius 3 is 2.86 bits per heavy atom. The van der Waals surface area contributed by atoms with E-state index in [1.807, 2.05) is 0 Å². The third-order valence-corrected chi connectivity index (χ3v) is 2.56. The van der Waals surface area contributed by atoms with Crippen molar-refractivity contribution in [3.63, 3.8) is 0 Å². The van der Waals surface area contributed by atoms with Crippen molar-refractivity contribution >= 4 is 22.0 Å². The molecule has 0 aliphatic carbocycles. The van der Waals surface area contributed by atoms with Gasteiger partial charge in [0.2, 0.25) is 0 Å². The molecule has 1 N–H and O–H groups in total. The predicted octanol–water partition coefficient (Wildman–Crippen LogP) is 1.41. The second-order valence-corrected chi connectivity index (χ2v) is 3.73. The fraction of sp³-hybridized carbons (Fsp3) is 0.111. The van der Waals surface area contributed by atoms with E-state index in [1.165, 1.54) is 0 Å². The number of rotatable bonds is 2. The lowest BCUT2D eigenvalue weighted by atomic mass is 10.2. The lowest BCUT2D eigenvalue weighted by Gasteiger charge is -1.98. The molecule has 0 amide bonds. The summed E-state index contributed by atoms with van der Waals surface area (Å²) < 4.78 is 26.3. The fourth-order valence-corrected chi connectivity index (χ4v) is 1.72. The zero-order valence-electron chi connectivity index (χ0n) is 7.44. The van der Waals surface area contributed by atoms with Crippen LogP contribution in [0.3, 0.4) is 0 Å². The first-order valence-electron chi connectivity index (χ1n) is 3.97. The molecule has 0 saturated heterocycles. The molecule has 1 unspecified atom stereocenters. The molecule has 0 bridgehead atoms. The minimum atomic E-state index is -2.22. The lowest BCUT2D eigenvalue weighted by molar-refractivity contribution is 0.415. The number of aromatic nitrogens is 1. The van der Waals surface area contributed by atoms with Crippen LogP contribution in [0.25, 0.3) is 10.9 Å². The highest BCUT2D eigenvalue weighted by Gasteiger charge is 2.01. The molecule has 14 heavy (non-hydrogen) atoms. The number of hydrogen-bond donors (Lipinski definition) is 1. The second kappa shape index (κ2) is 3.43. The first-order valence-corrected chi connectivity index (χ1v) is 5.04. The maximum Gasteiger partial charge on any atom is 0.119 e. The van der Waals surface area contributed by atoms with Gasteiger partial charge in [0.25, 0.3) is 0 Å². The van der Waals surface area contributed by atoms with Crippen molar-refractivity contribution < 1.29 is 13.5 Å². The van der Waals surface area contributed by atoms with Gasteiger partial charge >= 0.3 is 0 Å². The molecule has 0 aliphatic rings. The number of benzene rings is 1. The molecular formula is C9H8NO3S-. The SMILES string of the molecule is COc1ccc2[nH]c(S(=O)[O-])cc2c1. The van der Waals surface area contributed by atoms with Crippen LogP contribution in [0.4, 0.5) is 0 Å². The Morgan fingerprint density at radius 2 is 2.21 bits per heavy atom. The Kier molecular flexibility index (Phi) is 2.26. The standard InChI is InChI=1S/C9H9NO3S/c1-13-7-2-3-8-6(4-7)5-9(10-8)14(11)12/h2-5,10H,1H3,(H,11,12)/p-1. The van der Waals surface area contributed by atoms with Crippen LogP contribution in [-0.2, 0) is 11.1 Å². The number of aromatic amines is 1. The van der Waals surface area contributed by atoms with Crippen molar-refractivity contribution in [3.8, 4) is 5.75 Å². The van der Waals surface area contributed by atoms with E-state index in [0.29, 0.717) is 5.75 Å². The maximum absolute atomic E-state index is 10.7. The van der Waals surface area contributed by atoms with Crippen LogP contribution in [0.5, 0.6) is 5.75 Å². The van der Waals surface area contributed by atoms with Crippen molar-refractivity contribution in [2.24, 2.45) is 0 Å². The van der Waals surface area contributed by atoms with Gasteiger partial charge in [0, 0.05) is 10.9 Å². The van der Waals surface area contributed by atoms with Gasteiger partial charge in [-0.3, -0.25) is 4.21 Å². The van der Waals surface area contributed by atoms with Gasteiger partial charge in [0.15, 0.2) is 0 Å². The molecule has 4 nitrogen and oxygen atoms in total. The van der Waals surface area contributed by atoms with E-state index in [9.17, 15) is 8.76 Å². The average molecular weight is 210 g/mol. The van der Waals surface area contributed by atoms with Gasteiger partial charge in [0.05, 0.1) is 12.1 Å². The van der Waals surface area contributed by atoms with Gasteiger partial charge in [-0.1, -0.05) is 0 Å². The topological polar surface area (TPSA) is 65.2 Å². The number of fused-ring (bicyclic) bond motifs is 1. The molecule has 1 heterocycles. The number of H-pyrrole nitrogens is 1. The van der Waals surface area contributed by atoms with Crippen molar-refractivity contribution in [2.45, 2.75) is 5.03 Å². The van der Waals surface area contributed by atoms with Crippen LogP contribution in [0, 0.1) is 0 Å². The molecule has 2 rings (SSSR count). The van der Waals surface area contributed by atoms with Gasteiger partial charge in [-0.25, -0.2) is 0 Å². The van der Waals surface area contributed by atoms with Crippen LogP contribution in [0.15, 0.2) is 29.3 Å². The number of nitrogens with one attached hydrogen (secondary N) is 1. The van der Waals surface area contributed by atoms with Crippen LogP contribution < -0.4 is 4.74 Å². The normalized spacial score (nSPS) is 13.0. The summed E-state index contributed by atoms with van der Waals surface area (Å²) in [7, 11) is 1.57. The minimum absolute atomic E-state index is 0.188. The summed E-state index contributed by atoms with van der Waals surface area (Å²) in [6, 6.07) is 6.91. The molecule has 1 atom stereocenters. The Balaban J connectivity index is 2.60. The molecular weight excluding hydrogens is 202 g/mol. The zero-order valence-corrected chi connectivity index (χ0v) is 8.26. The quantitative estimate of drug-likeness (QED) is 0.762. The second-order valence-electron chi connectivity index (χ2n) is 2.82. The number of hydrogen-bond acceptors (Lipinski definition) is 3. The highest BCUT2D eigenvalue weighted by molar-refractivity contribution is 7.79. The van der Waals surface area contributed by atoms with E-state index >= 15 is 0 Å². The average Bonchev–Trinajstić information content (AvgIpc) is 2.59. The highest BCUT2D eigenvalue weighted by atomic mass is 32.2. The predicted molar refractivity (Wildman–Crippen MR) is 52.0 cm³/mol. The van der Waals surface area contributed by atoms with Gasteiger partial charge < -0.3 is 14.3 Å². The molecule has 1 aromatic carbocycles. The Bertz CT molecular complexity index is 492. The first-order chi connectivity index (χ1) is 6.70. The van der Waals surface area contributed by atoms with E-state index in [0.717, 1.165) is 10.9 Å². The lowest BCUT2D eigenvalue weighted by Crippen LogP contribution is -1.86. The third kappa shape index (κ3) is 1.51. The summed E-state index contributed by atoms with van der Waals surface area (Å²) in [4.78, 5) is 2.78. The smallest absolute Gasteiger partial charge is 0.119 e. The summed E-state index contributed by atoms with van der Waals surface area (Å²) in [6.07, 6.45) is 0. The van der Waals surface area contributed by atoms with Gasteiger partial charge in [-0.15, -0.1) is 0 Å². The maximum atomic E-state index is 10.7. The van der Waals surface area contributed by atoms with Gasteiger partial charge in [-0.2, -0.15) is 0 Å². The summed E-state index contributed by atoms with van der Waals surface area (Å²) in [5.74, 6) is 0.708. The molecule has 0 aliphatic heterocycles. The molecule has 74 valence electrons. The van der Waals surface area contributed by atoms with Crippen LogP contribution >= 0.6 is 0 Å². The molecule has 0 radical (unpaired) electrons. The Morgan fingerprint density at radius 1 is 1.43 bits per heavy atom. The third-order valence-electron chi connectivity index (χ3n) is 1.98. The highest BCUT2D eigenvalue weighted by Crippen LogP contribution is 2.22. The summed E-state index contributed by atoms with van der Waals surface area (Å²) in [6.45, 7) is 0. The first kappa shape index (κ1) is 9.23. The molecule has 0 spiro atoms. The van der Waals surface area contributed by atoms with E-state index < -0.39 is 11.1 Å². The Labute approximate surface area is 83.2 Å². The minimum Gasteiger partial charge on any atom is -0.767 e. The fourth-order valence-electron chi connectivity index (χ4n) is 1.30. The zero-order chi connectivity index (χ0) is 10.1. The summed E-state index contributed by atoms with van der Waals surface area (Å²) in [5, 5.41) is 1.01. The van der Waals surface area contributed by atoms with Crippen LogP contribution in [0.1, 0.15) is 0 Å². The largest absolute Gasteiger partial charge is 0.767 e. The summed E-state index contributed by atoms with van der Waals surface area (Å²) in [5.41, 5.74) is 0.782. The molecule has 2 aromatic rings. The number of methoxy groups -OCH3 is 1. The molecule has 5 heteroatoms. The summed E-state index contributed by atoms with van der Waals surface area (Å²) >= 11 is -2.22. The molecule has 1 aromatic heterocycles. The van der Waals surface area contributed by atoms with Crippen molar-refractivity contribution in [3.05, 3.63) is 24.3 Å². The van der Waals surface area contributed by atoms with E-state index in [1.54, 1.807) is 31.4 Å². The van der Waals surface area contributed by atoms with E-state index in [4.69, 9.17) is 4.74 Å².